The predicted molar refractivity (Wildman–Crippen MR) is 86.7 cm³/mol. The monoisotopic (exact) mass is 290 g/mol. The maximum Gasteiger partial charge on any atom is 0.203 e. The number of benzene rings is 2. The molecule has 22 heavy (non-hydrogen) atoms. The van der Waals surface area contributed by atoms with Crippen LogP contribution < -0.4 is 4.74 Å². The third-order valence-corrected chi connectivity index (χ3v) is 3.52. The van der Waals surface area contributed by atoms with Crippen molar-refractivity contribution in [2.75, 3.05) is 0 Å². The number of pyridine rings is 1. The molecule has 3 heteroatoms. The van der Waals surface area contributed by atoms with Crippen LogP contribution in [0.15, 0.2) is 54.6 Å². The van der Waals surface area contributed by atoms with Crippen LogP contribution in [0.1, 0.15) is 16.8 Å². The first-order valence-electron chi connectivity index (χ1n) is 7.18. The van der Waals surface area contributed by atoms with Gasteiger partial charge in [-0.2, -0.15) is 0 Å². The summed E-state index contributed by atoms with van der Waals surface area (Å²) in [6.45, 7) is 2.48. The van der Waals surface area contributed by atoms with Gasteiger partial charge in [0.1, 0.15) is 12.4 Å². The molecule has 0 saturated heterocycles. The van der Waals surface area contributed by atoms with Crippen molar-refractivity contribution in [3.8, 4) is 5.75 Å². The first kappa shape index (κ1) is 14.3. The van der Waals surface area contributed by atoms with E-state index in [1.807, 2.05) is 55.7 Å². The Morgan fingerprint density at radius 2 is 1.86 bits per heavy atom. The number of para-hydroxylation sites is 1. The summed E-state index contributed by atoms with van der Waals surface area (Å²) < 4.78 is 5.86. The van der Waals surface area contributed by atoms with Gasteiger partial charge in [-0.05, 0) is 36.8 Å². The summed E-state index contributed by atoms with van der Waals surface area (Å²) in [6.07, 6.45) is 2.20. The molecule has 3 aromatic rings. The van der Waals surface area contributed by atoms with Crippen LogP contribution in [-0.4, -0.2) is 11.3 Å². The molecule has 0 saturated carbocycles. The minimum absolute atomic E-state index is 0.314. The second kappa shape index (κ2) is 6.39. The maximum atomic E-state index is 10.4. The van der Waals surface area contributed by atoms with Crippen molar-refractivity contribution in [2.45, 2.75) is 20.0 Å². The van der Waals surface area contributed by atoms with Gasteiger partial charge in [0.2, 0.25) is 6.29 Å². The highest BCUT2D eigenvalue weighted by molar-refractivity contribution is 5.82. The maximum absolute atomic E-state index is 10.4. The van der Waals surface area contributed by atoms with Gasteiger partial charge in [0.05, 0.1) is 5.52 Å². The molecule has 0 amide bonds. The summed E-state index contributed by atoms with van der Waals surface area (Å²) in [4.78, 5) is 14.9. The number of hydrogen-bond acceptors (Lipinski definition) is 3. The Labute approximate surface area is 129 Å². The zero-order chi connectivity index (χ0) is 15.4. The Morgan fingerprint density at radius 3 is 2.64 bits per heavy atom. The zero-order valence-electron chi connectivity index (χ0n) is 12.4. The lowest BCUT2D eigenvalue weighted by molar-refractivity contribution is 0.307. The van der Waals surface area contributed by atoms with E-state index in [9.17, 15) is 4.79 Å². The fourth-order valence-electron chi connectivity index (χ4n) is 2.46. The number of fused-ring (bicyclic) bond motifs is 1. The van der Waals surface area contributed by atoms with Crippen LogP contribution in [-0.2, 0) is 17.8 Å². The zero-order valence-corrected chi connectivity index (χ0v) is 12.4. The summed E-state index contributed by atoms with van der Waals surface area (Å²) in [5.74, 6) is 0.785. The highest BCUT2D eigenvalue weighted by Gasteiger charge is 2.05. The van der Waals surface area contributed by atoms with Crippen molar-refractivity contribution in [1.29, 1.82) is 0 Å². The third kappa shape index (κ3) is 3.14. The molecule has 3 rings (SSSR count). The highest BCUT2D eigenvalue weighted by atomic mass is 16.5. The first-order valence-corrected chi connectivity index (χ1v) is 7.18. The molecule has 0 fully saturated rings. The lowest BCUT2D eigenvalue weighted by atomic mass is 10.1. The average Bonchev–Trinajstić information content (AvgIpc) is 2.54. The van der Waals surface area contributed by atoms with E-state index in [4.69, 9.17) is 4.74 Å². The van der Waals surface area contributed by atoms with Gasteiger partial charge in [-0.1, -0.05) is 30.3 Å². The minimum atomic E-state index is 0.314. The Morgan fingerprint density at radius 1 is 1.09 bits per heavy atom. The van der Waals surface area contributed by atoms with Crippen molar-refractivity contribution in [1.82, 2.24) is 4.98 Å². The van der Waals surface area contributed by atoms with Crippen molar-refractivity contribution in [3.05, 3.63) is 71.4 Å². The van der Waals surface area contributed by atoms with E-state index >= 15 is 0 Å². The van der Waals surface area contributed by atoms with Crippen LogP contribution >= 0.6 is 0 Å². The quantitative estimate of drug-likeness (QED) is 0.718. The number of rotatable bonds is 5. The van der Waals surface area contributed by atoms with E-state index in [-0.39, 0.29) is 0 Å². The fourth-order valence-corrected chi connectivity index (χ4v) is 2.46. The van der Waals surface area contributed by atoms with E-state index in [2.05, 4.69) is 17.1 Å². The Hall–Kier alpha value is -2.68. The van der Waals surface area contributed by atoms with Crippen LogP contribution in [0.3, 0.4) is 0 Å². The topological polar surface area (TPSA) is 39.2 Å². The van der Waals surface area contributed by atoms with Crippen molar-refractivity contribution < 1.29 is 9.53 Å². The van der Waals surface area contributed by atoms with E-state index < -0.39 is 0 Å². The largest absolute Gasteiger partial charge is 0.489 e. The van der Waals surface area contributed by atoms with Gasteiger partial charge >= 0.3 is 0 Å². The van der Waals surface area contributed by atoms with Gasteiger partial charge in [0.25, 0.3) is 0 Å². The number of carbonyl (C=O) groups excluding carboxylic acids is 1. The van der Waals surface area contributed by atoms with Gasteiger partial charge in [0.15, 0.2) is 0 Å². The van der Waals surface area contributed by atoms with Gasteiger partial charge in [-0.3, -0.25) is 9.78 Å². The Balaban J connectivity index is 1.80. The molecule has 1 aromatic heterocycles. The molecule has 0 aliphatic heterocycles. The number of nitrogens with zero attached hydrogens (tertiary/aromatic N) is 1. The Bertz CT molecular complexity index is 794. The molecule has 0 atom stereocenters. The van der Waals surface area contributed by atoms with E-state index in [0.717, 1.165) is 33.5 Å². The molecule has 1 heterocycles. The summed E-state index contributed by atoms with van der Waals surface area (Å²) in [7, 11) is 0. The van der Waals surface area contributed by atoms with Crippen LogP contribution in [0, 0.1) is 6.92 Å². The molecule has 109 valence electrons. The lowest BCUT2D eigenvalue weighted by Gasteiger charge is -2.10. The molecule has 0 aliphatic carbocycles. The van der Waals surface area contributed by atoms with Crippen LogP contribution in [0.5, 0.6) is 5.75 Å². The third-order valence-electron chi connectivity index (χ3n) is 3.52. The summed E-state index contributed by atoms with van der Waals surface area (Å²) in [5.41, 5.74) is 4.02. The number of ether oxygens (including phenoxy) is 1. The Kier molecular flexibility index (Phi) is 4.15. The normalized spacial score (nSPS) is 10.6. The number of aromatic nitrogens is 1. The summed E-state index contributed by atoms with van der Waals surface area (Å²) in [5, 5.41) is 1.11. The van der Waals surface area contributed by atoms with Gasteiger partial charge in [-0.25, -0.2) is 0 Å². The van der Waals surface area contributed by atoms with Gasteiger partial charge in [-0.15, -0.1) is 0 Å². The number of aryl methyl sites for hydroxylation is 1. The van der Waals surface area contributed by atoms with Crippen LogP contribution in [0.25, 0.3) is 10.9 Å². The summed E-state index contributed by atoms with van der Waals surface area (Å²) >= 11 is 0. The summed E-state index contributed by atoms with van der Waals surface area (Å²) in [6, 6.07) is 17.6. The van der Waals surface area contributed by atoms with E-state index in [1.54, 1.807) is 0 Å². The lowest BCUT2D eigenvalue weighted by Crippen LogP contribution is -1.99. The van der Waals surface area contributed by atoms with Crippen LogP contribution in [0.2, 0.25) is 0 Å². The second-order valence-electron chi connectivity index (χ2n) is 5.19. The fraction of sp³-hybridized carbons (Fsp3) is 0.158. The second-order valence-corrected chi connectivity index (χ2v) is 5.19. The van der Waals surface area contributed by atoms with E-state index in [0.29, 0.717) is 13.0 Å². The molecule has 0 unspecified atom stereocenters. The molecule has 0 spiro atoms. The predicted octanol–water partition coefficient (Wildman–Crippen LogP) is 3.77. The first-order chi connectivity index (χ1) is 10.8. The van der Waals surface area contributed by atoms with Crippen LogP contribution in [0.4, 0.5) is 0 Å². The highest BCUT2D eigenvalue weighted by Crippen LogP contribution is 2.21. The van der Waals surface area contributed by atoms with Crippen molar-refractivity contribution >= 4 is 17.2 Å². The number of hydrogen-bond donors (Lipinski definition) is 0. The molecule has 0 bridgehead atoms. The van der Waals surface area contributed by atoms with Crippen molar-refractivity contribution in [3.63, 3.8) is 0 Å². The average molecular weight is 290 g/mol. The molecule has 1 radical (unpaired) electrons. The molecular weight excluding hydrogens is 274 g/mol. The standard InChI is InChI=1S/C19H16NO2/c1-14-12-16(18-4-2-3-5-19(18)20-14)13-22-17-8-6-15(7-9-17)10-11-21/h2-9,12H,10,13H2,1H3. The van der Waals surface area contributed by atoms with Gasteiger partial charge in [0, 0.05) is 23.1 Å². The smallest absolute Gasteiger partial charge is 0.203 e. The molecule has 0 aliphatic rings. The SMILES string of the molecule is Cc1cc(COc2ccc(C[C]=O)cc2)c2ccccc2n1. The van der Waals surface area contributed by atoms with E-state index in [1.165, 1.54) is 0 Å². The molecular formula is C19H16NO2. The molecule has 3 nitrogen and oxygen atoms in total. The van der Waals surface area contributed by atoms with Gasteiger partial charge < -0.3 is 4.74 Å². The minimum Gasteiger partial charge on any atom is -0.489 e. The van der Waals surface area contributed by atoms with Crippen molar-refractivity contribution in [2.24, 2.45) is 0 Å². The molecule has 0 N–H and O–H groups in total. The molecule has 2 aromatic carbocycles.